The molecule has 2 aromatic carbocycles. The maximum Gasteiger partial charge on any atom is 0.261 e. The van der Waals surface area contributed by atoms with Crippen molar-refractivity contribution in [3.63, 3.8) is 0 Å². The maximum absolute atomic E-state index is 13.6. The number of hydrogen-bond acceptors (Lipinski definition) is 3. The molecule has 0 bridgehead atoms. The third kappa shape index (κ3) is 4.34. The zero-order valence-electron chi connectivity index (χ0n) is 11.7. The van der Waals surface area contributed by atoms with Crippen molar-refractivity contribution in [2.75, 3.05) is 10.0 Å². The Balaban J connectivity index is 2.33. The molecule has 122 valence electrons. The van der Waals surface area contributed by atoms with Crippen LogP contribution in [0, 0.1) is 5.82 Å². The van der Waals surface area contributed by atoms with Crippen LogP contribution in [0.3, 0.4) is 0 Å². The highest BCUT2D eigenvalue weighted by atomic mass is 35.5. The summed E-state index contributed by atoms with van der Waals surface area (Å²) in [5.41, 5.74) is -0.0481. The van der Waals surface area contributed by atoms with Crippen LogP contribution in [0.25, 0.3) is 0 Å². The molecule has 0 aliphatic rings. The summed E-state index contributed by atoms with van der Waals surface area (Å²) >= 11 is 11.6. The van der Waals surface area contributed by atoms with Gasteiger partial charge in [-0.3, -0.25) is 9.52 Å². The lowest BCUT2D eigenvalue weighted by Crippen LogP contribution is -2.14. The Morgan fingerprint density at radius 2 is 1.78 bits per heavy atom. The van der Waals surface area contributed by atoms with E-state index in [0.29, 0.717) is 0 Å². The van der Waals surface area contributed by atoms with Crippen LogP contribution in [-0.4, -0.2) is 14.3 Å². The summed E-state index contributed by atoms with van der Waals surface area (Å²) in [6, 6.07) is 7.28. The SMILES string of the molecule is CC(=O)Nc1cc(NS(=O)(=O)c2ccc(Cl)c(Cl)c2)ccc1F. The second-order valence-electron chi connectivity index (χ2n) is 4.56. The quantitative estimate of drug-likeness (QED) is 0.849. The summed E-state index contributed by atoms with van der Waals surface area (Å²) in [7, 11) is -3.94. The number of halogens is 3. The van der Waals surface area contributed by atoms with Gasteiger partial charge in [-0.1, -0.05) is 23.2 Å². The Morgan fingerprint density at radius 1 is 1.09 bits per heavy atom. The van der Waals surface area contributed by atoms with Gasteiger partial charge in [0.15, 0.2) is 0 Å². The molecule has 2 N–H and O–H groups in total. The second-order valence-corrected chi connectivity index (χ2v) is 7.05. The average Bonchev–Trinajstić information content (AvgIpc) is 2.44. The van der Waals surface area contributed by atoms with E-state index in [1.54, 1.807) is 0 Å². The summed E-state index contributed by atoms with van der Waals surface area (Å²) in [4.78, 5) is 10.9. The third-order valence-electron chi connectivity index (χ3n) is 2.73. The van der Waals surface area contributed by atoms with E-state index in [1.165, 1.54) is 37.3 Å². The fourth-order valence-corrected chi connectivity index (χ4v) is 3.17. The Kier molecular flexibility index (Phi) is 5.13. The van der Waals surface area contributed by atoms with Crippen LogP contribution in [0.2, 0.25) is 10.0 Å². The van der Waals surface area contributed by atoms with Crippen LogP contribution in [-0.2, 0) is 14.8 Å². The molecule has 1 amide bonds. The van der Waals surface area contributed by atoms with E-state index in [4.69, 9.17) is 23.2 Å². The van der Waals surface area contributed by atoms with Gasteiger partial charge in [-0.2, -0.15) is 0 Å². The van der Waals surface area contributed by atoms with Crippen molar-refractivity contribution in [1.82, 2.24) is 0 Å². The van der Waals surface area contributed by atoms with Gasteiger partial charge in [0.1, 0.15) is 5.82 Å². The Bertz CT molecular complexity index is 872. The van der Waals surface area contributed by atoms with Crippen LogP contribution in [0.1, 0.15) is 6.92 Å². The van der Waals surface area contributed by atoms with Gasteiger partial charge in [-0.25, -0.2) is 12.8 Å². The lowest BCUT2D eigenvalue weighted by Gasteiger charge is -2.11. The number of nitrogens with one attached hydrogen (secondary N) is 2. The summed E-state index contributed by atoms with van der Waals surface area (Å²) in [5, 5.41) is 2.58. The molecule has 0 heterocycles. The van der Waals surface area contributed by atoms with Crippen molar-refractivity contribution in [2.24, 2.45) is 0 Å². The number of rotatable bonds is 4. The minimum Gasteiger partial charge on any atom is -0.324 e. The first-order chi connectivity index (χ1) is 10.7. The molecule has 5 nitrogen and oxygen atoms in total. The van der Waals surface area contributed by atoms with Crippen LogP contribution >= 0.6 is 23.2 Å². The van der Waals surface area contributed by atoms with Crippen LogP contribution in [0.15, 0.2) is 41.3 Å². The van der Waals surface area contributed by atoms with Gasteiger partial charge in [0.25, 0.3) is 10.0 Å². The van der Waals surface area contributed by atoms with Gasteiger partial charge < -0.3 is 5.32 Å². The predicted octanol–water partition coefficient (Wildman–Crippen LogP) is 3.89. The Hall–Kier alpha value is -1.83. The molecule has 9 heteroatoms. The van der Waals surface area contributed by atoms with Crippen molar-refractivity contribution < 1.29 is 17.6 Å². The first-order valence-corrected chi connectivity index (χ1v) is 8.48. The van der Waals surface area contributed by atoms with E-state index in [2.05, 4.69) is 10.0 Å². The topological polar surface area (TPSA) is 75.3 Å². The first kappa shape index (κ1) is 17.5. The molecule has 2 rings (SSSR count). The predicted molar refractivity (Wildman–Crippen MR) is 88.0 cm³/mol. The summed E-state index contributed by atoms with van der Waals surface area (Å²) < 4.78 is 40.4. The maximum atomic E-state index is 13.6. The molecule has 0 fully saturated rings. The number of anilines is 2. The molecular formula is C14H11Cl2FN2O3S. The van der Waals surface area contributed by atoms with Gasteiger partial charge in [0.2, 0.25) is 5.91 Å². The molecule has 0 aromatic heterocycles. The van der Waals surface area contributed by atoms with Crippen molar-refractivity contribution in [3.05, 3.63) is 52.3 Å². The molecule has 0 saturated heterocycles. The second kappa shape index (κ2) is 6.74. The fraction of sp³-hybridized carbons (Fsp3) is 0.0714. The Labute approximate surface area is 142 Å². The minimum absolute atomic E-state index is 0.0845. The smallest absolute Gasteiger partial charge is 0.261 e. The number of benzene rings is 2. The molecule has 0 unspecified atom stereocenters. The van der Waals surface area contributed by atoms with Crippen LogP contribution < -0.4 is 10.0 Å². The van der Waals surface area contributed by atoms with Crippen molar-refractivity contribution in [2.45, 2.75) is 11.8 Å². The monoisotopic (exact) mass is 376 g/mol. The molecule has 0 saturated carbocycles. The van der Waals surface area contributed by atoms with E-state index in [0.717, 1.165) is 6.07 Å². The largest absolute Gasteiger partial charge is 0.324 e. The van der Waals surface area contributed by atoms with Gasteiger partial charge in [0.05, 0.1) is 26.3 Å². The summed E-state index contributed by atoms with van der Waals surface area (Å²) in [5.74, 6) is -1.16. The van der Waals surface area contributed by atoms with Crippen molar-refractivity contribution in [1.29, 1.82) is 0 Å². The van der Waals surface area contributed by atoms with Gasteiger partial charge >= 0.3 is 0 Å². The normalized spacial score (nSPS) is 11.1. The highest BCUT2D eigenvalue weighted by molar-refractivity contribution is 7.92. The number of amides is 1. The van der Waals surface area contributed by atoms with Crippen molar-refractivity contribution >= 4 is 50.5 Å². The summed E-state index contributed by atoms with van der Waals surface area (Å²) in [6.07, 6.45) is 0. The number of carbonyl (C=O) groups is 1. The lowest BCUT2D eigenvalue weighted by atomic mass is 10.2. The molecule has 0 aliphatic heterocycles. The highest BCUT2D eigenvalue weighted by Gasteiger charge is 2.16. The van der Waals surface area contributed by atoms with E-state index in [1.807, 2.05) is 0 Å². The first-order valence-electron chi connectivity index (χ1n) is 6.24. The molecule has 23 heavy (non-hydrogen) atoms. The van der Waals surface area contributed by atoms with Gasteiger partial charge in [-0.15, -0.1) is 0 Å². The average molecular weight is 377 g/mol. The Morgan fingerprint density at radius 3 is 2.39 bits per heavy atom. The minimum atomic E-state index is -3.94. The summed E-state index contributed by atoms with van der Waals surface area (Å²) in [6.45, 7) is 1.21. The van der Waals surface area contributed by atoms with E-state index in [9.17, 15) is 17.6 Å². The molecule has 2 aromatic rings. The van der Waals surface area contributed by atoms with E-state index >= 15 is 0 Å². The molecule has 0 radical (unpaired) electrons. The number of carbonyl (C=O) groups excluding carboxylic acids is 1. The zero-order chi connectivity index (χ0) is 17.2. The van der Waals surface area contributed by atoms with Crippen LogP contribution in [0.5, 0.6) is 0 Å². The number of hydrogen-bond donors (Lipinski definition) is 2. The fourth-order valence-electron chi connectivity index (χ4n) is 1.73. The highest BCUT2D eigenvalue weighted by Crippen LogP contribution is 2.27. The van der Waals surface area contributed by atoms with Gasteiger partial charge in [-0.05, 0) is 36.4 Å². The molecular weight excluding hydrogens is 366 g/mol. The van der Waals surface area contributed by atoms with Crippen molar-refractivity contribution in [3.8, 4) is 0 Å². The molecule has 0 atom stereocenters. The standard InChI is InChI=1S/C14H11Cl2FN2O3S/c1-8(20)18-14-6-9(2-5-13(14)17)19-23(21,22)10-3-4-11(15)12(16)7-10/h2-7,19H,1H3,(H,18,20). The number of sulfonamides is 1. The van der Waals surface area contributed by atoms with E-state index in [-0.39, 0.29) is 26.3 Å². The van der Waals surface area contributed by atoms with Crippen LogP contribution in [0.4, 0.5) is 15.8 Å². The third-order valence-corrected chi connectivity index (χ3v) is 4.85. The zero-order valence-corrected chi connectivity index (χ0v) is 14.1. The van der Waals surface area contributed by atoms with Gasteiger partial charge in [0, 0.05) is 6.92 Å². The lowest BCUT2D eigenvalue weighted by molar-refractivity contribution is -0.114. The molecule has 0 aliphatic carbocycles. The molecule has 0 spiro atoms. The van der Waals surface area contributed by atoms with E-state index < -0.39 is 21.7 Å².